The van der Waals surface area contributed by atoms with Crippen molar-refractivity contribution >= 4 is 32.4 Å². The lowest BCUT2D eigenvalue weighted by molar-refractivity contribution is 0.0949. The summed E-state index contributed by atoms with van der Waals surface area (Å²) < 4.78 is 7.59. The SMILES string of the molecule is COc1ccc2c(c1)sc1ncc(C(=O)NCC(C)c3ccccc3)c(=O)n12. The number of carbonyl (C=O) groups excluding carboxylic acids is 1. The molecule has 0 saturated carbocycles. The molecule has 0 aliphatic rings. The van der Waals surface area contributed by atoms with Gasteiger partial charge in [-0.2, -0.15) is 0 Å². The van der Waals surface area contributed by atoms with Gasteiger partial charge in [-0.05, 0) is 29.7 Å². The molecule has 2 heterocycles. The Balaban J connectivity index is 1.63. The van der Waals surface area contributed by atoms with Gasteiger partial charge in [-0.3, -0.25) is 14.0 Å². The van der Waals surface area contributed by atoms with Gasteiger partial charge in [0, 0.05) is 12.7 Å². The van der Waals surface area contributed by atoms with Gasteiger partial charge in [-0.1, -0.05) is 48.6 Å². The number of ether oxygens (including phenoxy) is 1. The summed E-state index contributed by atoms with van der Waals surface area (Å²) in [6, 6.07) is 15.4. The van der Waals surface area contributed by atoms with Gasteiger partial charge in [0.2, 0.25) is 0 Å². The van der Waals surface area contributed by atoms with Gasteiger partial charge >= 0.3 is 0 Å². The second kappa shape index (κ2) is 7.44. The lowest BCUT2D eigenvalue weighted by atomic mass is 10.0. The van der Waals surface area contributed by atoms with Gasteiger partial charge in [-0.15, -0.1) is 0 Å². The number of aromatic nitrogens is 2. The lowest BCUT2D eigenvalue weighted by Gasteiger charge is -2.12. The van der Waals surface area contributed by atoms with E-state index in [4.69, 9.17) is 4.74 Å². The van der Waals surface area contributed by atoms with Gasteiger partial charge in [0.1, 0.15) is 11.3 Å². The summed E-state index contributed by atoms with van der Waals surface area (Å²) in [5, 5.41) is 2.85. The van der Waals surface area contributed by atoms with Gasteiger partial charge in [0.15, 0.2) is 4.96 Å². The molecule has 0 fully saturated rings. The Morgan fingerprint density at radius 2 is 2.04 bits per heavy atom. The minimum Gasteiger partial charge on any atom is -0.497 e. The van der Waals surface area contributed by atoms with Crippen molar-refractivity contribution in [3.8, 4) is 5.75 Å². The van der Waals surface area contributed by atoms with E-state index in [1.165, 1.54) is 21.9 Å². The van der Waals surface area contributed by atoms with E-state index in [9.17, 15) is 9.59 Å². The number of hydrogen-bond donors (Lipinski definition) is 1. The maximum Gasteiger partial charge on any atom is 0.271 e. The lowest BCUT2D eigenvalue weighted by Crippen LogP contribution is -2.33. The van der Waals surface area contributed by atoms with Crippen molar-refractivity contribution in [2.45, 2.75) is 12.8 Å². The fourth-order valence-corrected chi connectivity index (χ4v) is 4.12. The van der Waals surface area contributed by atoms with E-state index in [1.807, 2.05) is 43.3 Å². The average molecular weight is 393 g/mol. The van der Waals surface area contributed by atoms with Gasteiger partial charge in [0.05, 0.1) is 17.3 Å². The molecule has 0 aliphatic carbocycles. The van der Waals surface area contributed by atoms with Gasteiger partial charge < -0.3 is 10.1 Å². The predicted octanol–water partition coefficient (Wildman–Crippen LogP) is 3.45. The van der Waals surface area contributed by atoms with Gasteiger partial charge in [-0.25, -0.2) is 4.98 Å². The highest BCUT2D eigenvalue weighted by Gasteiger charge is 2.17. The zero-order valence-corrected chi connectivity index (χ0v) is 16.3. The summed E-state index contributed by atoms with van der Waals surface area (Å²) in [5.74, 6) is 0.432. The van der Waals surface area contributed by atoms with Gasteiger partial charge in [0.25, 0.3) is 11.5 Å². The summed E-state index contributed by atoms with van der Waals surface area (Å²) in [7, 11) is 1.60. The molecule has 0 radical (unpaired) electrons. The molecule has 1 N–H and O–H groups in total. The molecular formula is C21H19N3O3S. The molecule has 2 aromatic heterocycles. The molecule has 6 nitrogen and oxygen atoms in total. The van der Waals surface area contributed by atoms with Crippen molar-refractivity contribution in [2.75, 3.05) is 13.7 Å². The first-order valence-corrected chi connectivity index (χ1v) is 9.71. The first-order valence-electron chi connectivity index (χ1n) is 8.90. The molecule has 4 rings (SSSR count). The molecule has 0 aliphatic heterocycles. The third-order valence-corrected chi connectivity index (χ3v) is 5.74. The number of nitrogens with zero attached hydrogens (tertiary/aromatic N) is 2. The highest BCUT2D eigenvalue weighted by molar-refractivity contribution is 7.23. The molecule has 0 spiro atoms. The van der Waals surface area contributed by atoms with Crippen molar-refractivity contribution in [3.63, 3.8) is 0 Å². The highest BCUT2D eigenvalue weighted by atomic mass is 32.1. The largest absolute Gasteiger partial charge is 0.497 e. The average Bonchev–Trinajstić information content (AvgIpc) is 3.11. The van der Waals surface area contributed by atoms with E-state index in [-0.39, 0.29) is 17.0 Å². The topological polar surface area (TPSA) is 72.7 Å². The summed E-state index contributed by atoms with van der Waals surface area (Å²) in [6.45, 7) is 2.47. The normalized spacial score (nSPS) is 12.2. The Kier molecular flexibility index (Phi) is 4.83. The van der Waals surface area contributed by atoms with E-state index in [1.54, 1.807) is 19.2 Å². The molecule has 7 heteroatoms. The molecule has 0 bridgehead atoms. The van der Waals surface area contributed by atoms with E-state index in [2.05, 4.69) is 10.3 Å². The maximum absolute atomic E-state index is 13.0. The monoisotopic (exact) mass is 393 g/mol. The number of hydrogen-bond acceptors (Lipinski definition) is 5. The van der Waals surface area contributed by atoms with E-state index < -0.39 is 5.91 Å². The van der Waals surface area contributed by atoms with Crippen molar-refractivity contribution in [3.05, 3.63) is 76.2 Å². The second-order valence-electron chi connectivity index (χ2n) is 6.55. The number of carbonyl (C=O) groups is 1. The molecule has 28 heavy (non-hydrogen) atoms. The van der Waals surface area contributed by atoms with Crippen LogP contribution in [0.3, 0.4) is 0 Å². The zero-order valence-electron chi connectivity index (χ0n) is 15.5. The summed E-state index contributed by atoms with van der Waals surface area (Å²) in [5.41, 5.74) is 1.51. The van der Waals surface area contributed by atoms with Crippen LogP contribution >= 0.6 is 11.3 Å². The molecule has 1 atom stereocenters. The van der Waals surface area contributed by atoms with Crippen molar-refractivity contribution in [1.29, 1.82) is 0 Å². The summed E-state index contributed by atoms with van der Waals surface area (Å²) in [4.78, 5) is 30.4. The number of rotatable bonds is 5. The number of nitrogens with one attached hydrogen (secondary N) is 1. The third-order valence-electron chi connectivity index (χ3n) is 4.72. The number of fused-ring (bicyclic) bond motifs is 3. The zero-order chi connectivity index (χ0) is 19.7. The molecule has 4 aromatic rings. The minimum atomic E-state index is -0.414. The minimum absolute atomic E-state index is 0.0354. The Morgan fingerprint density at radius 3 is 2.79 bits per heavy atom. The summed E-state index contributed by atoms with van der Waals surface area (Å²) in [6.07, 6.45) is 1.35. The van der Waals surface area contributed by atoms with Crippen LogP contribution in [0.2, 0.25) is 0 Å². The smallest absolute Gasteiger partial charge is 0.271 e. The maximum atomic E-state index is 13.0. The highest BCUT2D eigenvalue weighted by Crippen LogP contribution is 2.27. The predicted molar refractivity (Wildman–Crippen MR) is 111 cm³/mol. The van der Waals surface area contributed by atoms with Crippen LogP contribution in [0, 0.1) is 0 Å². The molecule has 1 unspecified atom stereocenters. The Labute approximate surface area is 165 Å². The fourth-order valence-electron chi connectivity index (χ4n) is 3.11. The standard InChI is InChI=1S/C21H19N3O3S/c1-13(14-6-4-3-5-7-14)11-22-19(25)16-12-23-21-24(20(16)26)17-9-8-15(27-2)10-18(17)28-21/h3-10,12-13H,11H2,1-2H3,(H,22,25). The van der Waals surface area contributed by atoms with E-state index in [0.717, 1.165) is 10.3 Å². The summed E-state index contributed by atoms with van der Waals surface area (Å²) >= 11 is 1.38. The molecular weight excluding hydrogens is 374 g/mol. The Bertz CT molecular complexity index is 1210. The van der Waals surface area contributed by atoms with Crippen LogP contribution in [0.4, 0.5) is 0 Å². The number of benzene rings is 2. The molecule has 142 valence electrons. The van der Waals surface area contributed by atoms with E-state index in [0.29, 0.717) is 22.8 Å². The van der Waals surface area contributed by atoms with Crippen LogP contribution in [-0.2, 0) is 0 Å². The van der Waals surface area contributed by atoms with E-state index >= 15 is 0 Å². The van der Waals surface area contributed by atoms with Crippen molar-refractivity contribution < 1.29 is 9.53 Å². The van der Waals surface area contributed by atoms with Crippen molar-refractivity contribution in [2.24, 2.45) is 0 Å². The number of amides is 1. The van der Waals surface area contributed by atoms with Crippen LogP contribution in [0.15, 0.2) is 59.5 Å². The molecule has 2 aromatic carbocycles. The molecule has 0 saturated heterocycles. The van der Waals surface area contributed by atoms with Crippen molar-refractivity contribution in [1.82, 2.24) is 14.7 Å². The van der Waals surface area contributed by atoms with Crippen LogP contribution < -0.4 is 15.6 Å². The number of methoxy groups -OCH3 is 1. The van der Waals surface area contributed by atoms with Crippen LogP contribution in [0.5, 0.6) is 5.75 Å². The first kappa shape index (κ1) is 18.2. The molecule has 1 amide bonds. The Hall–Kier alpha value is -3.19. The van der Waals surface area contributed by atoms with Crippen LogP contribution in [0.1, 0.15) is 28.8 Å². The Morgan fingerprint density at radius 1 is 1.25 bits per heavy atom. The fraction of sp³-hybridized carbons (Fsp3) is 0.190. The second-order valence-corrected chi connectivity index (χ2v) is 7.56. The number of thiazole rings is 1. The van der Waals surface area contributed by atoms with Crippen LogP contribution in [0.25, 0.3) is 15.2 Å². The first-order chi connectivity index (χ1) is 13.6. The van der Waals surface area contributed by atoms with Crippen LogP contribution in [-0.4, -0.2) is 28.9 Å². The third kappa shape index (κ3) is 3.25. The quantitative estimate of drug-likeness (QED) is 0.564.